The maximum atomic E-state index is 12.4. The second-order valence-corrected chi connectivity index (χ2v) is 8.29. The van der Waals surface area contributed by atoms with Gasteiger partial charge in [0.15, 0.2) is 21.0 Å². The third-order valence-corrected chi connectivity index (χ3v) is 5.57. The molecule has 0 aliphatic carbocycles. The van der Waals surface area contributed by atoms with Crippen LogP contribution in [0.4, 0.5) is 0 Å². The molecule has 2 aliphatic rings. The number of β-lactam (4-membered cyclic amide) rings is 1. The number of ketones is 1. The quantitative estimate of drug-likeness (QED) is 0.702. The minimum atomic E-state index is -3.45. The SMILES string of the molecule is COC(C(=O)C(C)(C)C)[C@H]1C(=O)N2C=CCS(=O)(=O)[C@@H]12. The molecule has 1 unspecified atom stereocenters. The van der Waals surface area contributed by atoms with Crippen molar-refractivity contribution in [2.24, 2.45) is 11.3 Å². The van der Waals surface area contributed by atoms with Crippen molar-refractivity contribution in [2.75, 3.05) is 12.9 Å². The van der Waals surface area contributed by atoms with Crippen molar-refractivity contribution in [2.45, 2.75) is 32.2 Å². The molecular formula is C13H19NO5S. The molecule has 0 bridgehead atoms. The topological polar surface area (TPSA) is 80.8 Å². The highest BCUT2D eigenvalue weighted by molar-refractivity contribution is 7.92. The Morgan fingerprint density at radius 1 is 1.45 bits per heavy atom. The van der Waals surface area contributed by atoms with Gasteiger partial charge in [0.05, 0.1) is 5.75 Å². The Hall–Kier alpha value is -1.21. The average Bonchev–Trinajstić information content (AvgIpc) is 2.33. The van der Waals surface area contributed by atoms with E-state index >= 15 is 0 Å². The molecule has 1 fully saturated rings. The number of hydrogen-bond acceptors (Lipinski definition) is 5. The first-order valence-corrected chi connectivity index (χ1v) is 8.10. The number of amides is 1. The van der Waals surface area contributed by atoms with Crippen LogP contribution in [0.25, 0.3) is 0 Å². The third-order valence-electron chi connectivity index (χ3n) is 3.66. The number of fused-ring (bicyclic) bond motifs is 1. The van der Waals surface area contributed by atoms with Gasteiger partial charge in [-0.1, -0.05) is 26.8 Å². The molecule has 0 saturated carbocycles. The lowest BCUT2D eigenvalue weighted by atomic mass is 9.79. The molecule has 2 rings (SSSR count). The van der Waals surface area contributed by atoms with Crippen LogP contribution >= 0.6 is 0 Å². The molecule has 0 spiro atoms. The van der Waals surface area contributed by atoms with E-state index in [1.54, 1.807) is 20.8 Å². The van der Waals surface area contributed by atoms with E-state index in [9.17, 15) is 18.0 Å². The standard InChI is InChI=1S/C13H19NO5S/c1-13(2,3)10(15)9(19-4)8-11(16)14-6-5-7-20(17,18)12(8)14/h5-6,8-9,12H,7H2,1-4H3/t8-,9?,12-/m0/s1. The Kier molecular flexibility index (Phi) is 3.54. The van der Waals surface area contributed by atoms with Gasteiger partial charge in [0.25, 0.3) is 0 Å². The predicted octanol–water partition coefficient (Wildman–Crippen LogP) is 0.343. The van der Waals surface area contributed by atoms with E-state index in [4.69, 9.17) is 4.74 Å². The van der Waals surface area contributed by atoms with E-state index in [1.165, 1.54) is 24.3 Å². The van der Waals surface area contributed by atoms with E-state index in [-0.39, 0.29) is 17.4 Å². The van der Waals surface area contributed by atoms with Crippen LogP contribution in [0.2, 0.25) is 0 Å². The van der Waals surface area contributed by atoms with E-state index in [2.05, 4.69) is 0 Å². The van der Waals surface area contributed by atoms with Gasteiger partial charge in [0.2, 0.25) is 5.91 Å². The van der Waals surface area contributed by atoms with Gasteiger partial charge in [0.1, 0.15) is 12.0 Å². The van der Waals surface area contributed by atoms with Crippen LogP contribution in [0.5, 0.6) is 0 Å². The molecule has 7 heteroatoms. The third kappa shape index (κ3) is 2.18. The number of rotatable bonds is 3. The van der Waals surface area contributed by atoms with E-state index < -0.39 is 32.6 Å². The summed E-state index contributed by atoms with van der Waals surface area (Å²) in [5.74, 6) is -1.69. The second-order valence-electron chi connectivity index (χ2n) is 6.15. The molecule has 2 heterocycles. The Labute approximate surface area is 118 Å². The molecule has 1 saturated heterocycles. The van der Waals surface area contributed by atoms with Gasteiger partial charge in [-0.15, -0.1) is 0 Å². The number of ether oxygens (including phenoxy) is 1. The fourth-order valence-corrected chi connectivity index (χ4v) is 4.35. The summed E-state index contributed by atoms with van der Waals surface area (Å²) in [6, 6.07) is 0. The summed E-state index contributed by atoms with van der Waals surface area (Å²) in [4.78, 5) is 25.6. The number of Topliss-reactive ketones (excluding diaryl/α,β-unsaturated/α-hetero) is 1. The van der Waals surface area contributed by atoms with Crippen LogP contribution in [-0.4, -0.2) is 49.3 Å². The van der Waals surface area contributed by atoms with Gasteiger partial charge < -0.3 is 9.64 Å². The van der Waals surface area contributed by atoms with Gasteiger partial charge in [-0.3, -0.25) is 9.59 Å². The van der Waals surface area contributed by atoms with Crippen LogP contribution in [-0.2, 0) is 24.2 Å². The van der Waals surface area contributed by atoms with Crippen LogP contribution in [0.3, 0.4) is 0 Å². The first kappa shape index (κ1) is 15.2. The number of carbonyl (C=O) groups is 2. The molecule has 0 N–H and O–H groups in total. The predicted molar refractivity (Wildman–Crippen MR) is 72.3 cm³/mol. The van der Waals surface area contributed by atoms with Crippen LogP contribution in [0.1, 0.15) is 20.8 Å². The highest BCUT2D eigenvalue weighted by Crippen LogP contribution is 2.39. The number of nitrogens with zero attached hydrogens (tertiary/aromatic N) is 1. The maximum Gasteiger partial charge on any atom is 0.237 e. The number of methoxy groups -OCH3 is 1. The van der Waals surface area contributed by atoms with Crippen molar-refractivity contribution >= 4 is 21.5 Å². The van der Waals surface area contributed by atoms with Crippen molar-refractivity contribution in [1.29, 1.82) is 0 Å². The zero-order valence-corrected chi connectivity index (χ0v) is 12.8. The normalized spacial score (nSPS) is 29.6. The number of hydrogen-bond donors (Lipinski definition) is 0. The van der Waals surface area contributed by atoms with Gasteiger partial charge >= 0.3 is 0 Å². The van der Waals surface area contributed by atoms with E-state index in [0.29, 0.717) is 0 Å². The largest absolute Gasteiger partial charge is 0.373 e. The number of carbonyl (C=O) groups excluding carboxylic acids is 2. The minimum Gasteiger partial charge on any atom is -0.373 e. The van der Waals surface area contributed by atoms with Gasteiger partial charge in [0, 0.05) is 18.7 Å². The smallest absolute Gasteiger partial charge is 0.237 e. The zero-order valence-electron chi connectivity index (χ0n) is 12.0. The summed E-state index contributed by atoms with van der Waals surface area (Å²) in [5, 5.41) is -0.976. The molecule has 3 atom stereocenters. The molecule has 0 aromatic rings. The molecule has 20 heavy (non-hydrogen) atoms. The maximum absolute atomic E-state index is 12.4. The van der Waals surface area contributed by atoms with Gasteiger partial charge in [-0.05, 0) is 0 Å². The fourth-order valence-electron chi connectivity index (χ4n) is 2.58. The van der Waals surface area contributed by atoms with Crippen LogP contribution < -0.4 is 0 Å². The lowest BCUT2D eigenvalue weighted by Crippen LogP contribution is -2.68. The zero-order chi connectivity index (χ0) is 15.3. The van der Waals surface area contributed by atoms with Crippen LogP contribution in [0.15, 0.2) is 12.3 Å². The van der Waals surface area contributed by atoms with E-state index in [1.807, 2.05) is 0 Å². The Bertz CT molecular complexity index is 572. The van der Waals surface area contributed by atoms with Crippen LogP contribution in [0, 0.1) is 11.3 Å². The molecule has 1 amide bonds. The van der Waals surface area contributed by atoms with Crippen molar-refractivity contribution < 1.29 is 22.7 Å². The lowest BCUT2D eigenvalue weighted by Gasteiger charge is -2.48. The minimum absolute atomic E-state index is 0.113. The molecule has 0 radical (unpaired) electrons. The van der Waals surface area contributed by atoms with E-state index in [0.717, 1.165) is 0 Å². The van der Waals surface area contributed by atoms with Gasteiger partial charge in [-0.2, -0.15) is 0 Å². The summed E-state index contributed by atoms with van der Waals surface area (Å²) in [7, 11) is -2.13. The summed E-state index contributed by atoms with van der Waals surface area (Å²) < 4.78 is 29.3. The average molecular weight is 301 g/mol. The highest BCUT2D eigenvalue weighted by Gasteiger charge is 2.60. The Balaban J connectivity index is 2.35. The highest BCUT2D eigenvalue weighted by atomic mass is 32.2. The molecule has 112 valence electrons. The monoisotopic (exact) mass is 301 g/mol. The molecular weight excluding hydrogens is 282 g/mol. The number of sulfone groups is 1. The van der Waals surface area contributed by atoms with Crippen molar-refractivity contribution in [3.8, 4) is 0 Å². The molecule has 0 aromatic heterocycles. The Morgan fingerprint density at radius 2 is 2.05 bits per heavy atom. The molecule has 6 nitrogen and oxygen atoms in total. The molecule has 2 aliphatic heterocycles. The Morgan fingerprint density at radius 3 is 2.55 bits per heavy atom. The summed E-state index contributed by atoms with van der Waals surface area (Å²) in [6.07, 6.45) is 1.89. The second kappa shape index (κ2) is 4.66. The van der Waals surface area contributed by atoms with Crippen molar-refractivity contribution in [1.82, 2.24) is 4.90 Å². The first-order chi connectivity index (χ1) is 9.11. The van der Waals surface area contributed by atoms with Crippen molar-refractivity contribution in [3.05, 3.63) is 12.3 Å². The summed E-state index contributed by atoms with van der Waals surface area (Å²) in [5.41, 5.74) is -0.699. The summed E-state index contributed by atoms with van der Waals surface area (Å²) >= 11 is 0. The van der Waals surface area contributed by atoms with Gasteiger partial charge in [-0.25, -0.2) is 8.42 Å². The van der Waals surface area contributed by atoms with Crippen molar-refractivity contribution in [3.63, 3.8) is 0 Å². The first-order valence-electron chi connectivity index (χ1n) is 6.39. The fraction of sp³-hybridized carbons (Fsp3) is 0.692. The lowest BCUT2D eigenvalue weighted by molar-refractivity contribution is -0.162. The molecule has 0 aromatic carbocycles. The summed E-state index contributed by atoms with van der Waals surface area (Å²) in [6.45, 7) is 5.16.